The van der Waals surface area contributed by atoms with Gasteiger partial charge >= 0.3 is 6.03 Å². The number of nitrogens with zero attached hydrogens (tertiary/aromatic N) is 2. The highest BCUT2D eigenvalue weighted by atomic mass is 19.1. The third-order valence-corrected chi connectivity index (χ3v) is 3.39. The Balaban J connectivity index is 1.73. The van der Waals surface area contributed by atoms with E-state index < -0.39 is 11.8 Å². The summed E-state index contributed by atoms with van der Waals surface area (Å²) in [5.74, 6) is -0.0813. The number of nitrogens with one attached hydrogen (secondary N) is 2. The Labute approximate surface area is 143 Å². The first-order chi connectivity index (χ1) is 12.2. The molecule has 25 heavy (non-hydrogen) atoms. The van der Waals surface area contributed by atoms with Crippen molar-refractivity contribution >= 4 is 17.4 Å². The summed E-state index contributed by atoms with van der Waals surface area (Å²) in [7, 11) is 1.52. The second-order valence-electron chi connectivity index (χ2n) is 5.10. The summed E-state index contributed by atoms with van der Waals surface area (Å²) in [4.78, 5) is 12.0. The molecule has 2 amide bonds. The molecule has 0 unspecified atom stereocenters. The number of halogens is 1. The van der Waals surface area contributed by atoms with Crippen molar-refractivity contribution in [1.29, 1.82) is 0 Å². The summed E-state index contributed by atoms with van der Waals surface area (Å²) in [6.45, 7) is 0. The van der Waals surface area contributed by atoms with E-state index in [-0.39, 0.29) is 5.69 Å². The molecule has 3 rings (SSSR count). The highest BCUT2D eigenvalue weighted by Gasteiger charge is 2.08. The smallest absolute Gasteiger partial charge is 0.323 e. The molecule has 2 N–H and O–H groups in total. The molecular formula is C18H15FN4O2. The van der Waals surface area contributed by atoms with Gasteiger partial charge in [0.25, 0.3) is 0 Å². The van der Waals surface area contributed by atoms with E-state index in [1.54, 1.807) is 42.5 Å². The van der Waals surface area contributed by atoms with Crippen molar-refractivity contribution in [2.75, 3.05) is 17.7 Å². The number of para-hydroxylation sites is 1. The van der Waals surface area contributed by atoms with Crippen LogP contribution in [0.15, 0.2) is 60.7 Å². The third kappa shape index (κ3) is 4.08. The van der Waals surface area contributed by atoms with Crippen molar-refractivity contribution in [2.45, 2.75) is 0 Å². The van der Waals surface area contributed by atoms with Gasteiger partial charge in [0, 0.05) is 17.3 Å². The molecule has 2 aromatic carbocycles. The molecule has 6 nitrogen and oxygen atoms in total. The molecule has 0 radical (unpaired) electrons. The topological polar surface area (TPSA) is 76.1 Å². The van der Waals surface area contributed by atoms with Crippen LogP contribution in [0.25, 0.3) is 11.3 Å². The van der Waals surface area contributed by atoms with Crippen LogP contribution in [0.3, 0.4) is 0 Å². The van der Waals surface area contributed by atoms with Gasteiger partial charge in [0.05, 0.1) is 18.5 Å². The summed E-state index contributed by atoms with van der Waals surface area (Å²) in [5, 5.41) is 13.1. The van der Waals surface area contributed by atoms with E-state index in [2.05, 4.69) is 20.8 Å². The van der Waals surface area contributed by atoms with E-state index in [0.29, 0.717) is 17.3 Å². The normalized spacial score (nSPS) is 10.2. The summed E-state index contributed by atoms with van der Waals surface area (Å²) < 4.78 is 18.5. The van der Waals surface area contributed by atoms with Gasteiger partial charge in [-0.1, -0.05) is 24.3 Å². The Morgan fingerprint density at radius 3 is 2.56 bits per heavy atom. The number of rotatable bonds is 4. The van der Waals surface area contributed by atoms with Gasteiger partial charge in [-0.2, -0.15) is 0 Å². The number of anilines is 2. The average molecular weight is 338 g/mol. The van der Waals surface area contributed by atoms with Gasteiger partial charge in [0.15, 0.2) is 0 Å². The number of amides is 2. The van der Waals surface area contributed by atoms with Crippen LogP contribution in [-0.2, 0) is 0 Å². The number of carbonyl (C=O) groups excluding carboxylic acids is 1. The first-order valence-electron chi connectivity index (χ1n) is 7.46. The number of carbonyl (C=O) groups is 1. The molecule has 0 spiro atoms. The fourth-order valence-corrected chi connectivity index (χ4v) is 2.19. The van der Waals surface area contributed by atoms with Crippen molar-refractivity contribution in [3.05, 3.63) is 66.5 Å². The summed E-state index contributed by atoms with van der Waals surface area (Å²) in [5.41, 5.74) is 2.07. The quantitative estimate of drug-likeness (QED) is 0.755. The van der Waals surface area contributed by atoms with Gasteiger partial charge in [0.1, 0.15) is 5.82 Å². The van der Waals surface area contributed by atoms with Crippen LogP contribution >= 0.6 is 0 Å². The molecule has 1 aromatic heterocycles. The largest absolute Gasteiger partial charge is 0.480 e. The van der Waals surface area contributed by atoms with Gasteiger partial charge in [-0.15, -0.1) is 10.2 Å². The minimum Gasteiger partial charge on any atom is -0.480 e. The highest BCUT2D eigenvalue weighted by Crippen LogP contribution is 2.22. The maximum absolute atomic E-state index is 13.6. The molecule has 126 valence electrons. The Hall–Kier alpha value is -3.48. The molecule has 3 aromatic rings. The molecule has 0 aliphatic carbocycles. The SMILES string of the molecule is COc1ccc(-c2cccc(NC(=O)Nc3ccccc3F)c2)nn1. The molecule has 7 heteroatoms. The molecule has 0 fully saturated rings. The zero-order valence-electron chi connectivity index (χ0n) is 13.4. The Bertz CT molecular complexity index is 884. The zero-order valence-corrected chi connectivity index (χ0v) is 13.4. The summed E-state index contributed by atoms with van der Waals surface area (Å²) in [6.07, 6.45) is 0. The average Bonchev–Trinajstić information content (AvgIpc) is 2.64. The number of hydrogen-bond donors (Lipinski definition) is 2. The van der Waals surface area contributed by atoms with E-state index in [1.165, 1.54) is 19.2 Å². The first-order valence-corrected chi connectivity index (χ1v) is 7.46. The summed E-state index contributed by atoms with van der Waals surface area (Å²) >= 11 is 0. The Kier molecular flexibility index (Phi) is 4.84. The van der Waals surface area contributed by atoms with Crippen LogP contribution in [0.5, 0.6) is 5.88 Å². The van der Waals surface area contributed by atoms with E-state index >= 15 is 0 Å². The van der Waals surface area contributed by atoms with E-state index in [0.717, 1.165) is 5.56 Å². The second-order valence-corrected chi connectivity index (χ2v) is 5.10. The maximum Gasteiger partial charge on any atom is 0.323 e. The van der Waals surface area contributed by atoms with Crippen molar-refractivity contribution < 1.29 is 13.9 Å². The lowest BCUT2D eigenvalue weighted by Crippen LogP contribution is -2.20. The molecular weight excluding hydrogens is 323 g/mol. The number of aromatic nitrogens is 2. The molecule has 1 heterocycles. The minimum atomic E-state index is -0.539. The van der Waals surface area contributed by atoms with Crippen LogP contribution in [0.4, 0.5) is 20.6 Å². The van der Waals surface area contributed by atoms with Gasteiger partial charge in [0.2, 0.25) is 5.88 Å². The van der Waals surface area contributed by atoms with Crippen LogP contribution in [-0.4, -0.2) is 23.3 Å². The highest BCUT2D eigenvalue weighted by molar-refractivity contribution is 6.00. The molecule has 0 saturated heterocycles. The number of hydrogen-bond acceptors (Lipinski definition) is 4. The number of urea groups is 1. The fraction of sp³-hybridized carbons (Fsp3) is 0.0556. The maximum atomic E-state index is 13.6. The van der Waals surface area contributed by atoms with Gasteiger partial charge in [-0.3, -0.25) is 0 Å². The first kappa shape index (κ1) is 16.4. The lowest BCUT2D eigenvalue weighted by molar-refractivity contribution is 0.262. The molecule has 0 aliphatic heterocycles. The fourth-order valence-electron chi connectivity index (χ4n) is 2.19. The monoisotopic (exact) mass is 338 g/mol. The van der Waals surface area contributed by atoms with Gasteiger partial charge in [-0.05, 0) is 30.3 Å². The standard InChI is InChI=1S/C18H15FN4O2/c1-25-17-10-9-15(22-23-17)12-5-4-6-13(11-12)20-18(24)21-16-8-3-2-7-14(16)19/h2-11H,1H3,(H2,20,21,24). The number of benzene rings is 2. The van der Waals surface area contributed by atoms with Crippen molar-refractivity contribution in [3.63, 3.8) is 0 Å². The molecule has 0 aliphatic rings. The predicted molar refractivity (Wildman–Crippen MR) is 93.1 cm³/mol. The van der Waals surface area contributed by atoms with Crippen LogP contribution < -0.4 is 15.4 Å². The number of ether oxygens (including phenoxy) is 1. The predicted octanol–water partition coefficient (Wildman–Crippen LogP) is 3.94. The number of methoxy groups -OCH3 is 1. The third-order valence-electron chi connectivity index (χ3n) is 3.39. The van der Waals surface area contributed by atoms with Gasteiger partial charge < -0.3 is 15.4 Å². The van der Waals surface area contributed by atoms with Crippen molar-refractivity contribution in [3.8, 4) is 17.1 Å². The second kappa shape index (κ2) is 7.39. The zero-order chi connectivity index (χ0) is 17.6. The lowest BCUT2D eigenvalue weighted by atomic mass is 10.1. The van der Waals surface area contributed by atoms with E-state index in [1.807, 2.05) is 6.07 Å². The van der Waals surface area contributed by atoms with Crippen molar-refractivity contribution in [1.82, 2.24) is 10.2 Å². The van der Waals surface area contributed by atoms with Gasteiger partial charge in [-0.25, -0.2) is 9.18 Å². The van der Waals surface area contributed by atoms with Crippen LogP contribution in [0, 0.1) is 5.82 Å². The van der Waals surface area contributed by atoms with Crippen molar-refractivity contribution in [2.24, 2.45) is 0 Å². The molecule has 0 atom stereocenters. The Morgan fingerprint density at radius 1 is 1.00 bits per heavy atom. The van der Waals surface area contributed by atoms with Crippen LogP contribution in [0.1, 0.15) is 0 Å². The molecule has 0 saturated carbocycles. The lowest BCUT2D eigenvalue weighted by Gasteiger charge is -2.09. The minimum absolute atomic E-state index is 0.108. The summed E-state index contributed by atoms with van der Waals surface area (Å²) in [6, 6.07) is 16.0. The van der Waals surface area contributed by atoms with Crippen LogP contribution in [0.2, 0.25) is 0 Å². The Morgan fingerprint density at radius 2 is 1.84 bits per heavy atom. The van der Waals surface area contributed by atoms with E-state index in [9.17, 15) is 9.18 Å². The molecule has 0 bridgehead atoms. The van der Waals surface area contributed by atoms with E-state index in [4.69, 9.17) is 4.74 Å².